The smallest absolute Gasteiger partial charge is 0.308 e. The second-order valence-corrected chi connectivity index (χ2v) is 8.61. The van der Waals surface area contributed by atoms with Crippen molar-refractivity contribution < 1.29 is 44.3 Å². The van der Waals surface area contributed by atoms with E-state index in [1.54, 1.807) is 13.8 Å². The molecule has 0 saturated carbocycles. The number of carbonyl (C=O) groups excluding carboxylic acids is 3. The van der Waals surface area contributed by atoms with Gasteiger partial charge >= 0.3 is 11.9 Å². The lowest BCUT2D eigenvalue weighted by Crippen LogP contribution is -2.55. The fourth-order valence-corrected chi connectivity index (χ4v) is 3.77. The molecule has 3 unspecified atom stereocenters. The number of carbonyl (C=O) groups is 4. The molecule has 1 aliphatic rings. The number of ether oxygens (including phenoxy) is 1. The molecule has 6 atom stereocenters. The van der Waals surface area contributed by atoms with Crippen LogP contribution >= 0.6 is 0 Å². The number of esters is 1. The molecule has 0 fully saturated rings. The lowest BCUT2D eigenvalue weighted by molar-refractivity contribution is -0.145. The van der Waals surface area contributed by atoms with Crippen LogP contribution in [0.3, 0.4) is 0 Å². The number of hydrogen-bond acceptors (Lipinski definition) is 8. The van der Waals surface area contributed by atoms with E-state index in [4.69, 9.17) is 9.84 Å². The minimum atomic E-state index is -1.69. The number of aliphatic hydroxyl groups is 3. The van der Waals surface area contributed by atoms with Gasteiger partial charge in [-0.1, -0.05) is 26.0 Å². The normalized spacial score (nSPS) is 23.9. The molecule has 10 nitrogen and oxygen atoms in total. The number of rotatable bonds is 13. The highest BCUT2D eigenvalue weighted by Gasteiger charge is 2.46. The predicted molar refractivity (Wildman–Crippen MR) is 118 cm³/mol. The Hall–Kier alpha value is -2.56. The average Bonchev–Trinajstić information content (AvgIpc) is 2.69. The third-order valence-electron chi connectivity index (χ3n) is 5.96. The van der Waals surface area contributed by atoms with Gasteiger partial charge < -0.3 is 30.5 Å². The number of carboxylic acid groups (broad SMARTS) is 1. The molecule has 0 saturated heterocycles. The third-order valence-corrected chi connectivity index (χ3v) is 5.96. The summed E-state index contributed by atoms with van der Waals surface area (Å²) in [7, 11) is 0. The van der Waals surface area contributed by atoms with Crippen LogP contribution in [0.25, 0.3) is 0 Å². The number of aliphatic carboxylic acids is 1. The Kier molecular flexibility index (Phi) is 10.4. The van der Waals surface area contributed by atoms with Gasteiger partial charge in [-0.25, -0.2) is 0 Å². The fraction of sp³-hybridized carbons (Fsp3) is 0.652. The summed E-state index contributed by atoms with van der Waals surface area (Å²) in [5.41, 5.74) is -0.821. The fourth-order valence-electron chi connectivity index (χ4n) is 3.77. The van der Waals surface area contributed by atoms with Crippen LogP contribution in [0.5, 0.6) is 0 Å². The summed E-state index contributed by atoms with van der Waals surface area (Å²) < 4.78 is 5.26. The zero-order chi connectivity index (χ0) is 25.5. The van der Waals surface area contributed by atoms with Crippen molar-refractivity contribution in [2.75, 3.05) is 6.61 Å². The maximum absolute atomic E-state index is 12.4. The number of amides is 1. The van der Waals surface area contributed by atoms with Crippen LogP contribution < -0.4 is 5.32 Å². The van der Waals surface area contributed by atoms with Gasteiger partial charge in [-0.05, 0) is 31.4 Å². The standard InChI is InChI=1S/C23H35NO9/c1-6-16(22(31)21(30)13(3)14(4)25)12(2)11-33-20(29)9-18(24-15(5)26)17-7-8-23(17,32)10-19(27)28/h7-8,13-14,17-18,22,25,31-32H,6,9-11H2,1-5H3,(H,24,26)(H,27,28)/b16-12+/t13?,14-,17?,18+,22+,23?/m0/s1. The van der Waals surface area contributed by atoms with Gasteiger partial charge in [-0.15, -0.1) is 0 Å². The zero-order valence-corrected chi connectivity index (χ0v) is 19.7. The molecular formula is C23H35NO9. The van der Waals surface area contributed by atoms with Gasteiger partial charge in [0.05, 0.1) is 18.9 Å². The van der Waals surface area contributed by atoms with Crippen LogP contribution in [0.15, 0.2) is 23.3 Å². The molecule has 0 radical (unpaired) electrons. The Labute approximate surface area is 193 Å². The topological polar surface area (TPSA) is 170 Å². The van der Waals surface area contributed by atoms with Gasteiger partial charge in [-0.2, -0.15) is 0 Å². The van der Waals surface area contributed by atoms with Crippen molar-refractivity contribution in [3.63, 3.8) is 0 Å². The van der Waals surface area contributed by atoms with E-state index in [2.05, 4.69) is 5.32 Å². The summed E-state index contributed by atoms with van der Waals surface area (Å²) in [6.07, 6.45) is -0.0664. The molecule has 0 aromatic rings. The number of aliphatic hydroxyl groups excluding tert-OH is 2. The molecule has 1 rings (SSSR count). The van der Waals surface area contributed by atoms with E-state index >= 15 is 0 Å². The van der Waals surface area contributed by atoms with Gasteiger partial charge in [0.15, 0.2) is 5.78 Å². The van der Waals surface area contributed by atoms with Crippen LogP contribution in [0.1, 0.15) is 53.9 Å². The Morgan fingerprint density at radius 1 is 1.15 bits per heavy atom. The summed E-state index contributed by atoms with van der Waals surface area (Å²) in [4.78, 5) is 47.4. The highest BCUT2D eigenvalue weighted by molar-refractivity contribution is 5.88. The summed E-state index contributed by atoms with van der Waals surface area (Å²) in [6, 6.07) is -0.877. The molecule has 5 N–H and O–H groups in total. The Morgan fingerprint density at radius 3 is 2.18 bits per heavy atom. The van der Waals surface area contributed by atoms with Gasteiger partial charge in [0.2, 0.25) is 5.91 Å². The lowest BCUT2D eigenvalue weighted by Gasteiger charge is -2.42. The van der Waals surface area contributed by atoms with Gasteiger partial charge in [0.1, 0.15) is 18.3 Å². The summed E-state index contributed by atoms with van der Waals surface area (Å²) in [5.74, 6) is -4.47. The van der Waals surface area contributed by atoms with Crippen LogP contribution in [-0.4, -0.2) is 74.5 Å². The molecule has 0 aromatic heterocycles. The van der Waals surface area contributed by atoms with E-state index in [9.17, 15) is 34.5 Å². The first-order valence-corrected chi connectivity index (χ1v) is 10.9. The van der Waals surface area contributed by atoms with Crippen LogP contribution in [0, 0.1) is 11.8 Å². The van der Waals surface area contributed by atoms with Crippen molar-refractivity contribution >= 4 is 23.6 Å². The van der Waals surface area contributed by atoms with Crippen molar-refractivity contribution in [3.8, 4) is 0 Å². The number of hydrogen-bond donors (Lipinski definition) is 5. The van der Waals surface area contributed by atoms with Crippen molar-refractivity contribution in [1.82, 2.24) is 5.32 Å². The number of carboxylic acids is 1. The second kappa shape index (κ2) is 12.1. The molecule has 186 valence electrons. The summed E-state index contributed by atoms with van der Waals surface area (Å²) in [5, 5.41) is 42.1. The SMILES string of the molecule is CC/C(=C(/C)COC(=O)C[C@@H](NC(C)=O)C1C=CC1(O)CC(=O)O)[C@@H](O)C(=O)C(C)[C@H](C)O. The van der Waals surface area contributed by atoms with Crippen molar-refractivity contribution in [2.45, 2.75) is 77.7 Å². The van der Waals surface area contributed by atoms with E-state index in [1.807, 2.05) is 0 Å². The molecule has 1 aliphatic carbocycles. The van der Waals surface area contributed by atoms with Crippen molar-refractivity contribution in [3.05, 3.63) is 23.3 Å². The highest BCUT2D eigenvalue weighted by Crippen LogP contribution is 2.37. The number of Topliss-reactive ketones (excluding diaryl/α,β-unsaturated/α-hetero) is 1. The molecule has 10 heteroatoms. The lowest BCUT2D eigenvalue weighted by atomic mass is 9.70. The Bertz CT molecular complexity index is 817. The van der Waals surface area contributed by atoms with E-state index in [-0.39, 0.29) is 13.0 Å². The molecule has 1 amide bonds. The monoisotopic (exact) mass is 469 g/mol. The van der Waals surface area contributed by atoms with Crippen LogP contribution in [0.4, 0.5) is 0 Å². The molecule has 0 heterocycles. The van der Waals surface area contributed by atoms with Crippen LogP contribution in [0.2, 0.25) is 0 Å². The van der Waals surface area contributed by atoms with Gasteiger partial charge in [0.25, 0.3) is 0 Å². The summed E-state index contributed by atoms with van der Waals surface area (Å²) in [6.45, 7) is 7.36. The third kappa shape index (κ3) is 7.76. The van der Waals surface area contributed by atoms with Crippen molar-refractivity contribution in [2.24, 2.45) is 11.8 Å². The molecular weight excluding hydrogens is 434 g/mol. The first kappa shape index (κ1) is 28.5. The molecule has 0 aromatic carbocycles. The zero-order valence-electron chi connectivity index (χ0n) is 19.7. The Morgan fingerprint density at radius 2 is 1.76 bits per heavy atom. The molecule has 0 spiro atoms. The molecule has 33 heavy (non-hydrogen) atoms. The Balaban J connectivity index is 2.87. The van der Waals surface area contributed by atoms with Crippen molar-refractivity contribution in [1.29, 1.82) is 0 Å². The first-order valence-electron chi connectivity index (χ1n) is 10.9. The minimum absolute atomic E-state index is 0.206. The van der Waals surface area contributed by atoms with E-state index < -0.39 is 65.7 Å². The average molecular weight is 470 g/mol. The molecule has 0 aliphatic heterocycles. The maximum atomic E-state index is 12.4. The number of nitrogens with one attached hydrogen (secondary N) is 1. The van der Waals surface area contributed by atoms with E-state index in [0.717, 1.165) is 0 Å². The van der Waals surface area contributed by atoms with E-state index in [1.165, 1.54) is 32.9 Å². The number of ketones is 1. The van der Waals surface area contributed by atoms with Crippen LogP contribution in [-0.2, 0) is 23.9 Å². The largest absolute Gasteiger partial charge is 0.481 e. The van der Waals surface area contributed by atoms with Gasteiger partial charge in [-0.3, -0.25) is 19.2 Å². The minimum Gasteiger partial charge on any atom is -0.481 e. The second-order valence-electron chi connectivity index (χ2n) is 8.61. The predicted octanol–water partition coefficient (Wildman–Crippen LogP) is 0.490. The van der Waals surface area contributed by atoms with Gasteiger partial charge in [0, 0.05) is 24.8 Å². The molecule has 0 bridgehead atoms. The first-order chi connectivity index (χ1) is 15.2. The van der Waals surface area contributed by atoms with E-state index in [0.29, 0.717) is 17.6 Å². The summed E-state index contributed by atoms with van der Waals surface area (Å²) >= 11 is 0. The quantitative estimate of drug-likeness (QED) is 0.190. The maximum Gasteiger partial charge on any atom is 0.308 e. The highest BCUT2D eigenvalue weighted by atomic mass is 16.5.